The van der Waals surface area contributed by atoms with Gasteiger partial charge < -0.3 is 4.90 Å². The van der Waals surface area contributed by atoms with E-state index < -0.39 is 0 Å². The maximum Gasteiger partial charge on any atom is 0.162 e. The molecule has 5 rings (SSSR count). The molecule has 0 saturated carbocycles. The van der Waals surface area contributed by atoms with E-state index in [0.29, 0.717) is 12.4 Å². The Bertz CT molecular complexity index is 1380. The molecule has 0 spiro atoms. The molecule has 0 bridgehead atoms. The van der Waals surface area contributed by atoms with E-state index in [0.717, 1.165) is 39.1 Å². The summed E-state index contributed by atoms with van der Waals surface area (Å²) in [6, 6.07) is 18.3. The van der Waals surface area contributed by atoms with Gasteiger partial charge in [-0.25, -0.2) is 9.97 Å². The highest BCUT2D eigenvalue weighted by Gasteiger charge is 2.14. The molecule has 4 aromatic heterocycles. The molecule has 6 nitrogen and oxygen atoms in total. The Morgan fingerprint density at radius 2 is 1.62 bits per heavy atom. The van der Waals surface area contributed by atoms with Crippen LogP contribution in [0.1, 0.15) is 11.3 Å². The third-order valence-electron chi connectivity index (χ3n) is 5.45. The van der Waals surface area contributed by atoms with Crippen molar-refractivity contribution < 1.29 is 0 Å². The molecule has 0 fully saturated rings. The van der Waals surface area contributed by atoms with Gasteiger partial charge in [0.05, 0.1) is 11.7 Å². The van der Waals surface area contributed by atoms with E-state index in [1.165, 1.54) is 5.56 Å². The van der Waals surface area contributed by atoms with Gasteiger partial charge in [0.2, 0.25) is 0 Å². The van der Waals surface area contributed by atoms with Gasteiger partial charge in [0.1, 0.15) is 5.82 Å². The van der Waals surface area contributed by atoms with Crippen LogP contribution in [-0.4, -0.2) is 32.0 Å². The Balaban J connectivity index is 1.60. The molecule has 0 unspecified atom stereocenters. The van der Waals surface area contributed by atoms with Crippen molar-refractivity contribution in [2.24, 2.45) is 0 Å². The van der Waals surface area contributed by atoms with Crippen molar-refractivity contribution in [3.63, 3.8) is 0 Å². The first kappa shape index (κ1) is 19.8. The summed E-state index contributed by atoms with van der Waals surface area (Å²) in [6.07, 6.45) is 9.00. The minimum absolute atomic E-state index is 0.672. The largest absolute Gasteiger partial charge is 0.355 e. The molecule has 0 amide bonds. The van der Waals surface area contributed by atoms with E-state index in [1.807, 2.05) is 69.0 Å². The van der Waals surface area contributed by atoms with Gasteiger partial charge in [0.15, 0.2) is 5.82 Å². The molecule has 156 valence electrons. The fourth-order valence-electron chi connectivity index (χ4n) is 3.84. The summed E-state index contributed by atoms with van der Waals surface area (Å²) in [7, 11) is 2.04. The fourth-order valence-corrected chi connectivity index (χ4v) is 3.84. The number of hydrogen-bond acceptors (Lipinski definition) is 6. The first-order valence-corrected chi connectivity index (χ1v) is 10.4. The Hall–Kier alpha value is -4.19. The fraction of sp³-hybridized carbons (Fsp3) is 0.115. The third-order valence-corrected chi connectivity index (χ3v) is 5.45. The first-order chi connectivity index (χ1) is 15.7. The summed E-state index contributed by atoms with van der Waals surface area (Å²) in [6.45, 7) is 2.73. The summed E-state index contributed by atoms with van der Waals surface area (Å²) >= 11 is 0. The van der Waals surface area contributed by atoms with Crippen molar-refractivity contribution in [2.45, 2.75) is 13.5 Å². The van der Waals surface area contributed by atoms with Crippen LogP contribution in [0.3, 0.4) is 0 Å². The standard InChI is InChI=1S/C26H22N6/c1-18-22(7-4-11-29-18)20-5-3-6-21(15-20)25-30-24-16-28-14-10-23(24)26(31-25)32(2)17-19-8-12-27-13-9-19/h3-16H,17H2,1-2H3. The van der Waals surface area contributed by atoms with Gasteiger partial charge in [0, 0.05) is 60.6 Å². The Morgan fingerprint density at radius 3 is 2.47 bits per heavy atom. The highest BCUT2D eigenvalue weighted by atomic mass is 15.2. The van der Waals surface area contributed by atoms with E-state index in [-0.39, 0.29) is 0 Å². The van der Waals surface area contributed by atoms with E-state index in [9.17, 15) is 0 Å². The van der Waals surface area contributed by atoms with Crippen LogP contribution in [0.25, 0.3) is 33.4 Å². The average molecular weight is 419 g/mol. The number of hydrogen-bond donors (Lipinski definition) is 0. The lowest BCUT2D eigenvalue weighted by Gasteiger charge is -2.20. The van der Waals surface area contributed by atoms with Crippen molar-refractivity contribution in [3.8, 4) is 22.5 Å². The molecule has 0 aliphatic heterocycles. The molecule has 0 radical (unpaired) electrons. The van der Waals surface area contributed by atoms with Crippen molar-refractivity contribution in [1.29, 1.82) is 0 Å². The monoisotopic (exact) mass is 418 g/mol. The molecular weight excluding hydrogens is 396 g/mol. The SMILES string of the molecule is Cc1ncccc1-c1cccc(-c2nc(N(C)Cc3ccncc3)c3ccncc3n2)c1. The van der Waals surface area contributed by atoms with E-state index in [2.05, 4.69) is 38.1 Å². The second-order valence-electron chi connectivity index (χ2n) is 7.69. The van der Waals surface area contributed by atoms with Crippen molar-refractivity contribution >= 4 is 16.7 Å². The van der Waals surface area contributed by atoms with Gasteiger partial charge in [-0.1, -0.05) is 24.3 Å². The maximum atomic E-state index is 4.98. The van der Waals surface area contributed by atoms with Crippen LogP contribution in [0.2, 0.25) is 0 Å². The Labute approximate surface area is 186 Å². The van der Waals surface area contributed by atoms with Gasteiger partial charge in [-0.3, -0.25) is 15.0 Å². The Kier molecular flexibility index (Phi) is 5.25. The minimum atomic E-state index is 0.672. The number of pyridine rings is 3. The van der Waals surface area contributed by atoms with Crippen LogP contribution in [-0.2, 0) is 6.54 Å². The summed E-state index contributed by atoms with van der Waals surface area (Å²) in [5.74, 6) is 1.54. The minimum Gasteiger partial charge on any atom is -0.355 e. The molecule has 32 heavy (non-hydrogen) atoms. The van der Waals surface area contributed by atoms with E-state index in [1.54, 1.807) is 12.4 Å². The zero-order valence-corrected chi connectivity index (χ0v) is 18.0. The summed E-state index contributed by atoms with van der Waals surface area (Å²) in [5.41, 5.74) is 6.12. The van der Waals surface area contributed by atoms with Crippen LogP contribution in [0.4, 0.5) is 5.82 Å². The third kappa shape index (κ3) is 3.90. The van der Waals surface area contributed by atoms with Crippen LogP contribution in [0.15, 0.2) is 85.6 Å². The first-order valence-electron chi connectivity index (χ1n) is 10.4. The maximum absolute atomic E-state index is 4.98. The molecule has 0 N–H and O–H groups in total. The lowest BCUT2D eigenvalue weighted by Crippen LogP contribution is -2.18. The van der Waals surface area contributed by atoms with Crippen LogP contribution in [0.5, 0.6) is 0 Å². The molecule has 0 aliphatic rings. The number of anilines is 1. The summed E-state index contributed by atoms with van der Waals surface area (Å²) < 4.78 is 0. The number of aryl methyl sites for hydroxylation is 1. The van der Waals surface area contributed by atoms with Crippen molar-refractivity contribution in [1.82, 2.24) is 24.9 Å². The van der Waals surface area contributed by atoms with E-state index in [4.69, 9.17) is 9.97 Å². The zero-order chi connectivity index (χ0) is 21.9. The summed E-state index contributed by atoms with van der Waals surface area (Å²) in [4.78, 5) is 24.8. The van der Waals surface area contributed by atoms with Crippen molar-refractivity contribution in [2.75, 3.05) is 11.9 Å². The molecule has 1 aromatic carbocycles. The second kappa shape index (κ2) is 8.51. The van der Waals surface area contributed by atoms with Crippen LogP contribution < -0.4 is 4.90 Å². The molecular formula is C26H22N6. The van der Waals surface area contributed by atoms with Crippen LogP contribution in [0, 0.1) is 6.92 Å². The lowest BCUT2D eigenvalue weighted by molar-refractivity contribution is 0.898. The zero-order valence-electron chi connectivity index (χ0n) is 18.0. The molecule has 5 aromatic rings. The highest BCUT2D eigenvalue weighted by Crippen LogP contribution is 2.30. The van der Waals surface area contributed by atoms with Crippen molar-refractivity contribution in [3.05, 3.63) is 96.8 Å². The predicted octanol–water partition coefficient (Wildman–Crippen LogP) is 5.09. The summed E-state index contributed by atoms with van der Waals surface area (Å²) in [5, 5.41) is 0.972. The van der Waals surface area contributed by atoms with E-state index >= 15 is 0 Å². The molecule has 4 heterocycles. The molecule has 0 atom stereocenters. The number of benzene rings is 1. The normalized spacial score (nSPS) is 10.9. The molecule has 0 aliphatic carbocycles. The van der Waals surface area contributed by atoms with Gasteiger partial charge >= 0.3 is 0 Å². The lowest BCUT2D eigenvalue weighted by atomic mass is 10.0. The number of aromatic nitrogens is 5. The quantitative estimate of drug-likeness (QED) is 0.396. The highest BCUT2D eigenvalue weighted by molar-refractivity contribution is 5.90. The number of fused-ring (bicyclic) bond motifs is 1. The van der Waals surface area contributed by atoms with Gasteiger partial charge in [0.25, 0.3) is 0 Å². The number of nitrogens with zero attached hydrogens (tertiary/aromatic N) is 6. The average Bonchev–Trinajstić information content (AvgIpc) is 2.84. The predicted molar refractivity (Wildman–Crippen MR) is 127 cm³/mol. The molecule has 0 saturated heterocycles. The second-order valence-corrected chi connectivity index (χ2v) is 7.69. The number of rotatable bonds is 5. The Morgan fingerprint density at radius 1 is 0.812 bits per heavy atom. The van der Waals surface area contributed by atoms with Gasteiger partial charge in [-0.2, -0.15) is 0 Å². The van der Waals surface area contributed by atoms with Gasteiger partial charge in [-0.15, -0.1) is 0 Å². The van der Waals surface area contributed by atoms with Gasteiger partial charge in [-0.05, 0) is 48.4 Å². The van der Waals surface area contributed by atoms with Crippen LogP contribution >= 0.6 is 0 Å². The molecule has 6 heteroatoms. The smallest absolute Gasteiger partial charge is 0.162 e. The topological polar surface area (TPSA) is 67.7 Å².